The van der Waals surface area contributed by atoms with Crippen LogP contribution in [0.25, 0.3) is 22.3 Å². The van der Waals surface area contributed by atoms with E-state index >= 15 is 0 Å². The summed E-state index contributed by atoms with van der Waals surface area (Å²) in [6.45, 7) is 58.3. The summed E-state index contributed by atoms with van der Waals surface area (Å²) in [6.07, 6.45) is 25.1. The molecule has 0 radical (unpaired) electrons. The van der Waals surface area contributed by atoms with Gasteiger partial charge in [-0.1, -0.05) is 163 Å². The number of hydrogen-bond donors (Lipinski definition) is 0. The second-order valence-corrected chi connectivity index (χ2v) is 28.6. The molecule has 0 N–H and O–H groups in total. The first-order chi connectivity index (χ1) is 39.5. The van der Waals surface area contributed by atoms with Gasteiger partial charge in [0.05, 0.1) is 65.4 Å². The number of rotatable bonds is 16. The minimum absolute atomic E-state index is 0.0770. The van der Waals surface area contributed by atoms with Gasteiger partial charge in [0.1, 0.15) is 0 Å². The molecule has 8 atom stereocenters. The summed E-state index contributed by atoms with van der Waals surface area (Å²) in [5, 5.41) is 7.14. The summed E-state index contributed by atoms with van der Waals surface area (Å²) in [7, 11) is 0. The number of allylic oxidation sites excluding steroid dienone is 4. The highest BCUT2D eigenvalue weighted by atomic mass is 14.9. The fourth-order valence-electron chi connectivity index (χ4n) is 14.2. The van der Waals surface area contributed by atoms with Crippen LogP contribution in [0.3, 0.4) is 0 Å². The van der Waals surface area contributed by atoms with E-state index in [0.717, 1.165) is 74.9 Å². The molecule has 0 aliphatic carbocycles. The number of benzene rings is 3. The number of hydrogen-bond acceptors (Lipinski definition) is 6. The maximum Gasteiger partial charge on any atom is 0.0775 e. The number of nitrogens with zero attached hydrogens (tertiary/aromatic N) is 6. The summed E-state index contributed by atoms with van der Waals surface area (Å²) >= 11 is 0. The monoisotopic (exact) mass is 1140 g/mol. The van der Waals surface area contributed by atoms with E-state index in [4.69, 9.17) is 30.0 Å². The Morgan fingerprint density at radius 3 is 0.893 bits per heavy atom. The van der Waals surface area contributed by atoms with Gasteiger partial charge in [0, 0.05) is 22.3 Å². The van der Waals surface area contributed by atoms with E-state index in [1.807, 2.05) is 27.7 Å². The van der Waals surface area contributed by atoms with E-state index in [2.05, 4.69) is 213 Å². The first-order valence-electron chi connectivity index (χ1n) is 34.3. The first kappa shape index (κ1) is 70.2. The van der Waals surface area contributed by atoms with Gasteiger partial charge in [0.15, 0.2) is 0 Å². The third-order valence-electron chi connectivity index (χ3n) is 18.9. The van der Waals surface area contributed by atoms with Crippen molar-refractivity contribution in [1.29, 1.82) is 0 Å². The first-order valence-corrected chi connectivity index (χ1v) is 34.3. The van der Waals surface area contributed by atoms with Crippen LogP contribution in [-0.4, -0.2) is 33.2 Å². The summed E-state index contributed by atoms with van der Waals surface area (Å²) < 4.78 is 0. The molecule has 84 heavy (non-hydrogen) atoms. The highest BCUT2D eigenvalue weighted by Gasteiger charge is 2.36. The molecule has 6 heterocycles. The molecule has 0 aromatic heterocycles. The highest BCUT2D eigenvalue weighted by molar-refractivity contribution is 5.75. The van der Waals surface area contributed by atoms with Gasteiger partial charge in [-0.2, -0.15) is 0 Å². The van der Waals surface area contributed by atoms with Crippen molar-refractivity contribution in [2.24, 2.45) is 53.6 Å². The van der Waals surface area contributed by atoms with Crippen LogP contribution in [0.2, 0.25) is 0 Å². The summed E-state index contributed by atoms with van der Waals surface area (Å²) in [4.78, 5) is 31.2. The summed E-state index contributed by atoms with van der Waals surface area (Å²) in [5.74, 6) is 3.71. The molecule has 0 fully saturated rings. The van der Waals surface area contributed by atoms with Gasteiger partial charge in [-0.05, 0) is 237 Å². The maximum atomic E-state index is 5.34. The minimum Gasteiger partial charge on any atom is -0.279 e. The fraction of sp³-hybridized carbons (Fsp3) is 0.667. The Bertz CT molecular complexity index is 3070. The van der Waals surface area contributed by atoms with Crippen molar-refractivity contribution in [1.82, 2.24) is 0 Å². The number of fused-ring (bicyclic) bond motifs is 6. The topological polar surface area (TPSA) is 74.2 Å². The van der Waals surface area contributed by atoms with Crippen molar-refractivity contribution < 1.29 is 0 Å². The maximum absolute atomic E-state index is 5.34. The molecule has 0 saturated carbocycles. The Labute approximate surface area is 514 Å². The largest absolute Gasteiger partial charge is 0.279 e. The normalized spacial score (nSPS) is 27.5. The van der Waals surface area contributed by atoms with Crippen LogP contribution in [-0.2, 0) is 0 Å². The molecule has 6 aliphatic heterocycles. The van der Waals surface area contributed by atoms with Crippen LogP contribution in [0, 0.1) is 23.7 Å². The second-order valence-electron chi connectivity index (χ2n) is 28.6. The molecule has 0 bridgehead atoms. The summed E-state index contributed by atoms with van der Waals surface area (Å²) in [5.41, 5.74) is 13.6. The molecule has 8 unspecified atom stereocenters. The van der Waals surface area contributed by atoms with Crippen molar-refractivity contribution in [3.63, 3.8) is 0 Å². The quantitative estimate of drug-likeness (QED) is 0.137. The highest BCUT2D eigenvalue weighted by Crippen LogP contribution is 2.40. The smallest absolute Gasteiger partial charge is 0.0775 e. The lowest BCUT2D eigenvalue weighted by molar-refractivity contribution is 0.340. The average molecular weight is 1140 g/mol. The molecule has 0 spiro atoms. The van der Waals surface area contributed by atoms with Crippen molar-refractivity contribution >= 4 is 22.3 Å². The van der Waals surface area contributed by atoms with E-state index in [1.165, 1.54) is 103 Å². The van der Waals surface area contributed by atoms with Crippen LogP contribution >= 0.6 is 0 Å². The van der Waals surface area contributed by atoms with Crippen molar-refractivity contribution in [3.8, 4) is 0 Å². The Kier molecular flexibility index (Phi) is 24.2. The van der Waals surface area contributed by atoms with E-state index in [0.29, 0.717) is 35.5 Å². The predicted molar refractivity (Wildman–Crippen MR) is 366 cm³/mol. The standard InChI is InChI=1S/C30H46N2.C22H34N2.C22H30N2.2C2H6/c1-19(2)11-23-17-29(9,15-21(5)6)31-27-14-26-24(12-20(3)4)18-30(10,16-22(7)8)32-28(26)13-25(23)27;2*1-7-15-13-21(5,9-3)23-19-12-18-16(8-2)14-22(6,10-4)24-20(18)11-17(15)19;2*1-2/h13-14,17-22H,11-12,15-16H2,1-10H3;11-12,15-16H,7-10,13-14H2,1-6H3;11-14H,7-10H2,1-6H3;2*1-2H3. The zero-order chi connectivity index (χ0) is 62.9. The predicted octanol–water partition coefficient (Wildman–Crippen LogP) is 19.4. The zero-order valence-corrected chi connectivity index (χ0v) is 58.8. The Hall–Kier alpha value is -4.58. The summed E-state index contributed by atoms with van der Waals surface area (Å²) in [6, 6.07) is 14.1. The zero-order valence-electron chi connectivity index (χ0n) is 58.8. The van der Waals surface area contributed by atoms with Gasteiger partial charge in [-0.3, -0.25) is 30.0 Å². The lowest BCUT2D eigenvalue weighted by Crippen LogP contribution is -2.40. The van der Waals surface area contributed by atoms with E-state index in [9.17, 15) is 0 Å². The van der Waals surface area contributed by atoms with Crippen LogP contribution in [0.4, 0.5) is 0 Å². The van der Waals surface area contributed by atoms with E-state index < -0.39 is 0 Å². The van der Waals surface area contributed by atoms with E-state index in [-0.39, 0.29) is 33.2 Å². The van der Waals surface area contributed by atoms with Crippen molar-refractivity contribution in [2.45, 2.75) is 315 Å². The van der Waals surface area contributed by atoms with E-state index in [1.54, 1.807) is 0 Å². The molecule has 6 aliphatic rings. The lowest BCUT2D eigenvalue weighted by atomic mass is 9.76. The third kappa shape index (κ3) is 16.5. The molecule has 464 valence electrons. The molecule has 3 aromatic carbocycles. The SMILES string of the molecule is CC.CC.CC(C)CC1=CC(C)(CC(C)C)N=c2cc3c(cc21)=NC(C)(CC(C)C)C=C3CC(C)C.CCC1=CC(C)(CC)N=c2cc3c(cc21)=NC(C)(CC)C=C3CC.CCC1CC(C)(CC)N=c2cc3c(cc21)=NC(C)(CC)CC3CC. The van der Waals surface area contributed by atoms with Crippen molar-refractivity contribution in [3.05, 3.63) is 126 Å². The van der Waals surface area contributed by atoms with Gasteiger partial charge < -0.3 is 0 Å². The van der Waals surface area contributed by atoms with Crippen LogP contribution in [0.15, 0.2) is 90.7 Å². The van der Waals surface area contributed by atoms with Gasteiger partial charge in [-0.25, -0.2) is 0 Å². The average Bonchev–Trinajstić information content (AvgIpc) is 1.23. The Morgan fingerprint density at radius 2 is 0.643 bits per heavy atom. The molecule has 0 amide bonds. The Morgan fingerprint density at radius 1 is 0.357 bits per heavy atom. The Balaban J connectivity index is 0.000000227. The van der Waals surface area contributed by atoms with Gasteiger partial charge >= 0.3 is 0 Å². The fourth-order valence-corrected chi connectivity index (χ4v) is 14.2. The molecule has 6 heteroatoms. The minimum atomic E-state index is -0.125. The molecule has 0 saturated heterocycles. The van der Waals surface area contributed by atoms with Gasteiger partial charge in [-0.15, -0.1) is 0 Å². The molecular formula is C78H122N6. The lowest BCUT2D eigenvalue weighted by Gasteiger charge is -2.36. The molecule has 3 aromatic rings. The third-order valence-corrected chi connectivity index (χ3v) is 18.9. The molecule has 9 rings (SSSR count). The van der Waals surface area contributed by atoms with Gasteiger partial charge in [0.2, 0.25) is 0 Å². The molecular weight excluding hydrogens is 1020 g/mol. The molecule has 6 nitrogen and oxygen atoms in total. The second kappa shape index (κ2) is 29.0. The van der Waals surface area contributed by atoms with Crippen molar-refractivity contribution in [2.75, 3.05) is 0 Å². The van der Waals surface area contributed by atoms with Gasteiger partial charge in [0.25, 0.3) is 0 Å². The van der Waals surface area contributed by atoms with Crippen LogP contribution < -0.4 is 32.1 Å². The van der Waals surface area contributed by atoms with Crippen LogP contribution in [0.1, 0.15) is 315 Å². The van der Waals surface area contributed by atoms with Crippen LogP contribution in [0.5, 0.6) is 0 Å².